The quantitative estimate of drug-likeness (QED) is 0.123. The highest BCUT2D eigenvalue weighted by Crippen LogP contribution is 2.57. The molecular formula is C47H76O10Si. The van der Waals surface area contributed by atoms with E-state index in [0.29, 0.717) is 45.7 Å². The van der Waals surface area contributed by atoms with Crippen LogP contribution in [0.5, 0.6) is 5.75 Å². The average molecular weight is 829 g/mol. The lowest BCUT2D eigenvalue weighted by Crippen LogP contribution is -2.60. The molecule has 0 aromatic heterocycles. The summed E-state index contributed by atoms with van der Waals surface area (Å²) in [6, 6.07) is 18.2. The summed E-state index contributed by atoms with van der Waals surface area (Å²) in [5, 5.41) is 12.0. The van der Waals surface area contributed by atoms with Crippen LogP contribution < -0.4 is 4.74 Å². The molecule has 0 amide bonds. The Labute approximate surface area is 351 Å². The van der Waals surface area contributed by atoms with Crippen molar-refractivity contribution in [3.8, 4) is 5.75 Å². The van der Waals surface area contributed by atoms with E-state index < -0.39 is 49.7 Å². The van der Waals surface area contributed by atoms with Crippen LogP contribution in [0.15, 0.2) is 54.6 Å². The van der Waals surface area contributed by atoms with E-state index in [1.165, 1.54) is 0 Å². The first-order chi connectivity index (χ1) is 27.1. The Hall–Kier alpha value is -1.90. The van der Waals surface area contributed by atoms with Crippen molar-refractivity contribution in [2.45, 2.75) is 174 Å². The SMILES string of the molecule is COc1ccc(CO[C@@H]2[C@H]([C@@H](C[C@@H](O)[C@@H](C)[C@H]3OC(C)(C)OC[C@@H]3C)OC)O[C@@]3(C[C@H](O[Si](C)(C)C(C)(C)C)[C@@H](C)[C@@H](CCOCc4ccccc4)O3)C2(C)C)cc1. The van der Waals surface area contributed by atoms with E-state index in [0.717, 1.165) is 16.9 Å². The van der Waals surface area contributed by atoms with Crippen molar-refractivity contribution in [3.63, 3.8) is 0 Å². The van der Waals surface area contributed by atoms with Crippen LogP contribution in [0.2, 0.25) is 18.1 Å². The Morgan fingerprint density at radius 3 is 2.16 bits per heavy atom. The molecule has 3 fully saturated rings. The number of hydrogen-bond donors (Lipinski definition) is 1. The van der Waals surface area contributed by atoms with E-state index in [4.69, 9.17) is 42.3 Å². The van der Waals surface area contributed by atoms with Gasteiger partial charge in [-0.1, -0.05) is 97.9 Å². The molecule has 3 saturated heterocycles. The van der Waals surface area contributed by atoms with Gasteiger partial charge in [-0.15, -0.1) is 0 Å². The van der Waals surface area contributed by atoms with Gasteiger partial charge in [0.25, 0.3) is 0 Å². The predicted molar refractivity (Wildman–Crippen MR) is 229 cm³/mol. The fourth-order valence-electron chi connectivity index (χ4n) is 8.68. The lowest BCUT2D eigenvalue weighted by atomic mass is 9.72. The summed E-state index contributed by atoms with van der Waals surface area (Å²) >= 11 is 0. The highest BCUT2D eigenvalue weighted by atomic mass is 28.4. The maximum absolute atomic E-state index is 12.0. The second-order valence-corrected chi connectivity index (χ2v) is 24.6. The normalized spacial score (nSPS) is 31.5. The molecule has 0 aliphatic carbocycles. The average Bonchev–Trinajstić information content (AvgIpc) is 3.37. The van der Waals surface area contributed by atoms with Gasteiger partial charge in [0.1, 0.15) is 11.9 Å². The Morgan fingerprint density at radius 2 is 1.53 bits per heavy atom. The molecule has 3 heterocycles. The summed E-state index contributed by atoms with van der Waals surface area (Å²) < 4.78 is 59.4. The first-order valence-electron chi connectivity index (χ1n) is 21.6. The van der Waals surface area contributed by atoms with E-state index in [1.54, 1.807) is 14.2 Å². The van der Waals surface area contributed by atoms with Crippen LogP contribution in [0.3, 0.4) is 0 Å². The number of aliphatic hydroxyl groups excluding tert-OH is 1. The van der Waals surface area contributed by atoms with E-state index in [9.17, 15) is 5.11 Å². The van der Waals surface area contributed by atoms with Gasteiger partial charge in [-0.25, -0.2) is 0 Å². The van der Waals surface area contributed by atoms with Crippen LogP contribution >= 0.6 is 0 Å². The first-order valence-corrected chi connectivity index (χ1v) is 24.5. The summed E-state index contributed by atoms with van der Waals surface area (Å²) in [6.45, 7) is 28.1. The van der Waals surface area contributed by atoms with Crippen LogP contribution in [0, 0.1) is 23.2 Å². The van der Waals surface area contributed by atoms with Crippen molar-refractivity contribution in [1.29, 1.82) is 0 Å². The Morgan fingerprint density at radius 1 is 0.879 bits per heavy atom. The van der Waals surface area contributed by atoms with Crippen molar-refractivity contribution in [2.75, 3.05) is 27.4 Å². The zero-order valence-corrected chi connectivity index (χ0v) is 39.0. The highest BCUT2D eigenvalue weighted by molar-refractivity contribution is 6.74. The van der Waals surface area contributed by atoms with Gasteiger partial charge in [-0.05, 0) is 61.7 Å². The first kappa shape index (κ1) is 47.2. The van der Waals surface area contributed by atoms with Crippen molar-refractivity contribution < 1.29 is 47.4 Å². The van der Waals surface area contributed by atoms with Gasteiger partial charge in [0.15, 0.2) is 19.9 Å². The number of ether oxygens (including phenoxy) is 8. The minimum Gasteiger partial charge on any atom is -0.497 e. The van der Waals surface area contributed by atoms with Gasteiger partial charge < -0.3 is 47.4 Å². The molecule has 3 aliphatic heterocycles. The fraction of sp³-hybridized carbons (Fsp3) is 0.745. The maximum Gasteiger partial charge on any atom is 0.192 e. The zero-order valence-electron chi connectivity index (χ0n) is 38.0. The Kier molecular flexibility index (Phi) is 15.5. The third-order valence-electron chi connectivity index (χ3n) is 13.7. The lowest BCUT2D eigenvalue weighted by molar-refractivity contribution is -0.335. The Balaban J connectivity index is 1.47. The largest absolute Gasteiger partial charge is 0.497 e. The van der Waals surface area contributed by atoms with Crippen LogP contribution in [0.4, 0.5) is 0 Å². The molecular weight excluding hydrogens is 753 g/mol. The van der Waals surface area contributed by atoms with Crippen LogP contribution in [0.25, 0.3) is 0 Å². The summed E-state index contributed by atoms with van der Waals surface area (Å²) in [5.41, 5.74) is 1.48. The molecule has 58 heavy (non-hydrogen) atoms. The third kappa shape index (κ3) is 10.8. The van der Waals surface area contributed by atoms with Gasteiger partial charge in [-0.2, -0.15) is 0 Å². The highest BCUT2D eigenvalue weighted by Gasteiger charge is 2.67. The summed E-state index contributed by atoms with van der Waals surface area (Å²) in [5.74, 6) is -1.00. The number of hydrogen-bond acceptors (Lipinski definition) is 10. The number of benzene rings is 2. The van der Waals surface area contributed by atoms with Crippen LogP contribution in [-0.4, -0.2) is 95.2 Å². The molecule has 0 radical (unpaired) electrons. The van der Waals surface area contributed by atoms with Crippen LogP contribution in [0.1, 0.15) is 99.6 Å². The molecule has 0 unspecified atom stereocenters. The molecule has 1 spiro atoms. The molecule has 2 aromatic rings. The van der Waals surface area contributed by atoms with E-state index in [2.05, 4.69) is 80.6 Å². The molecule has 0 bridgehead atoms. The molecule has 11 atom stereocenters. The molecule has 5 rings (SSSR count). The van der Waals surface area contributed by atoms with Crippen molar-refractivity contribution >= 4 is 8.32 Å². The lowest BCUT2D eigenvalue weighted by Gasteiger charge is -2.53. The molecule has 11 heteroatoms. The molecule has 0 saturated carbocycles. The maximum atomic E-state index is 12.0. The smallest absolute Gasteiger partial charge is 0.192 e. The minimum atomic E-state index is -2.22. The summed E-state index contributed by atoms with van der Waals surface area (Å²) in [7, 11) is 1.14. The molecule has 3 aliphatic rings. The third-order valence-corrected chi connectivity index (χ3v) is 18.2. The molecule has 328 valence electrons. The second-order valence-electron chi connectivity index (χ2n) is 19.8. The van der Waals surface area contributed by atoms with Crippen molar-refractivity contribution in [1.82, 2.24) is 0 Å². The van der Waals surface area contributed by atoms with E-state index in [-0.39, 0.29) is 41.1 Å². The summed E-state index contributed by atoms with van der Waals surface area (Å²) in [4.78, 5) is 0. The zero-order chi connectivity index (χ0) is 42.7. The monoisotopic (exact) mass is 829 g/mol. The van der Waals surface area contributed by atoms with Gasteiger partial charge >= 0.3 is 0 Å². The number of rotatable bonds is 17. The molecule has 10 nitrogen and oxygen atoms in total. The van der Waals surface area contributed by atoms with Crippen molar-refractivity contribution in [3.05, 3.63) is 65.7 Å². The summed E-state index contributed by atoms with van der Waals surface area (Å²) in [6.07, 6.45) is -1.28. The van der Waals surface area contributed by atoms with Crippen molar-refractivity contribution in [2.24, 2.45) is 23.2 Å². The second kappa shape index (κ2) is 19.0. The predicted octanol–water partition coefficient (Wildman–Crippen LogP) is 9.31. The van der Waals surface area contributed by atoms with Crippen LogP contribution in [-0.2, 0) is 50.8 Å². The van der Waals surface area contributed by atoms with E-state index >= 15 is 0 Å². The van der Waals surface area contributed by atoms with Gasteiger partial charge in [-0.3, -0.25) is 0 Å². The minimum absolute atomic E-state index is 0.0138. The van der Waals surface area contributed by atoms with Gasteiger partial charge in [0.2, 0.25) is 0 Å². The standard InChI is InChI=1S/C47H76O10Si/c1-31-28-53-46(9,10)55-41(31)32(2)37(48)26-39(50-12)42-43(52-30-35-20-22-36(49-11)23-21-35)45(7,8)47(56-42)27-40(57-58(13,14)44(4,5)6)33(3)38(54-47)24-25-51-29-34-18-16-15-17-19-34/h15-23,31-33,37-43,48H,24-30H2,1-14H3/t31-,32+,33-,37+,38+,39+,40-,41-,42-,43+,47-/m0/s1. The van der Waals surface area contributed by atoms with Gasteiger partial charge in [0, 0.05) is 49.7 Å². The molecule has 2 aromatic carbocycles. The van der Waals surface area contributed by atoms with E-state index in [1.807, 2.05) is 56.3 Å². The Bertz CT molecular complexity index is 1560. The number of methoxy groups -OCH3 is 2. The van der Waals surface area contributed by atoms with Gasteiger partial charge in [0.05, 0.1) is 63.6 Å². The fourth-order valence-corrected chi connectivity index (χ4v) is 10.1. The topological polar surface area (TPSA) is 103 Å². The number of aliphatic hydroxyl groups is 1. The molecule has 1 N–H and O–H groups in total.